The molecule has 1 aromatic carbocycles. The van der Waals surface area contributed by atoms with Crippen molar-refractivity contribution in [2.24, 2.45) is 29.6 Å². The summed E-state index contributed by atoms with van der Waals surface area (Å²) in [7, 11) is 0. The van der Waals surface area contributed by atoms with E-state index >= 15 is 0 Å². The molecule has 4 bridgehead atoms. The molecule has 5 nitrogen and oxygen atoms in total. The molecule has 0 atom stereocenters. The van der Waals surface area contributed by atoms with Crippen LogP contribution in [0.5, 0.6) is 0 Å². The maximum absolute atomic E-state index is 13.2. The van der Waals surface area contributed by atoms with E-state index in [0.29, 0.717) is 17.5 Å². The number of urea groups is 1. The minimum Gasteiger partial charge on any atom is -0.325 e. The van der Waals surface area contributed by atoms with Crippen molar-refractivity contribution in [1.82, 2.24) is 4.90 Å². The molecule has 3 amide bonds. The van der Waals surface area contributed by atoms with Crippen LogP contribution >= 0.6 is 0 Å². The predicted molar refractivity (Wildman–Crippen MR) is 105 cm³/mol. The molecule has 5 heteroatoms. The van der Waals surface area contributed by atoms with E-state index in [0.717, 1.165) is 43.5 Å². The maximum atomic E-state index is 13.2. The number of hydrogen-bond acceptors (Lipinski definition) is 2. The van der Waals surface area contributed by atoms with Crippen LogP contribution in [-0.2, 0) is 4.79 Å². The molecular weight excluding hydrogens is 338 g/mol. The Morgan fingerprint density at radius 1 is 0.815 bits per heavy atom. The molecule has 2 N–H and O–H groups in total. The molecule has 5 aliphatic rings. The minimum absolute atomic E-state index is 0.0659. The van der Waals surface area contributed by atoms with Gasteiger partial charge in [0, 0.05) is 19.0 Å². The lowest BCUT2D eigenvalue weighted by atomic mass is 9.51. The summed E-state index contributed by atoms with van der Waals surface area (Å²) < 4.78 is 0. The molecule has 6 rings (SSSR count). The second-order valence-corrected chi connectivity index (χ2v) is 9.12. The molecular formula is C22H29N3O2. The largest absolute Gasteiger partial charge is 0.325 e. The van der Waals surface area contributed by atoms with E-state index in [1.54, 1.807) is 0 Å². The molecule has 144 valence electrons. The summed E-state index contributed by atoms with van der Waals surface area (Å²) in [4.78, 5) is 27.5. The Kier molecular flexibility index (Phi) is 4.33. The summed E-state index contributed by atoms with van der Waals surface area (Å²) in [6, 6.07) is 7.52. The fourth-order valence-electron chi connectivity index (χ4n) is 6.38. The van der Waals surface area contributed by atoms with Crippen molar-refractivity contribution in [3.05, 3.63) is 24.3 Å². The minimum atomic E-state index is -0.0659. The second-order valence-electron chi connectivity index (χ2n) is 9.12. The average Bonchev–Trinajstić information content (AvgIpc) is 3.17. The lowest BCUT2D eigenvalue weighted by Gasteiger charge is -2.53. The number of hydrogen-bond donors (Lipinski definition) is 2. The Hall–Kier alpha value is -2.04. The molecule has 0 aromatic heterocycles. The van der Waals surface area contributed by atoms with Crippen molar-refractivity contribution >= 4 is 23.3 Å². The summed E-state index contributed by atoms with van der Waals surface area (Å²) >= 11 is 0. The van der Waals surface area contributed by atoms with Gasteiger partial charge in [0.05, 0.1) is 11.4 Å². The molecule has 0 radical (unpaired) electrons. The molecule has 4 saturated carbocycles. The van der Waals surface area contributed by atoms with E-state index in [4.69, 9.17) is 0 Å². The summed E-state index contributed by atoms with van der Waals surface area (Å²) in [5.74, 6) is 3.17. The normalized spacial score (nSPS) is 33.9. The van der Waals surface area contributed by atoms with E-state index in [9.17, 15) is 9.59 Å². The number of likely N-dealkylation sites (tertiary alicyclic amines) is 1. The second kappa shape index (κ2) is 6.84. The number of carbonyl (C=O) groups is 2. The molecule has 5 fully saturated rings. The van der Waals surface area contributed by atoms with E-state index in [1.807, 2.05) is 29.2 Å². The van der Waals surface area contributed by atoms with Crippen molar-refractivity contribution in [3.63, 3.8) is 0 Å². The van der Waals surface area contributed by atoms with Gasteiger partial charge < -0.3 is 15.5 Å². The predicted octanol–water partition coefficient (Wildman–Crippen LogP) is 4.33. The number of nitrogens with zero attached hydrogens (tertiary/aromatic N) is 1. The van der Waals surface area contributed by atoms with Gasteiger partial charge in [-0.1, -0.05) is 12.1 Å². The van der Waals surface area contributed by atoms with Crippen LogP contribution in [0.25, 0.3) is 0 Å². The van der Waals surface area contributed by atoms with Crippen LogP contribution in [0.15, 0.2) is 24.3 Å². The molecule has 1 aromatic rings. The van der Waals surface area contributed by atoms with Crippen molar-refractivity contribution in [2.75, 3.05) is 23.7 Å². The van der Waals surface area contributed by atoms with Crippen LogP contribution in [0.3, 0.4) is 0 Å². The standard InChI is InChI=1S/C22H29N3O2/c26-21(20-16-10-14-9-15(12-16)13-17(20)11-14)23-18-5-1-2-6-19(18)24-22(27)25-7-3-4-8-25/h1-2,5-6,14-17,20H,3-4,7-13H2,(H,23,26)(H,24,27). The SMILES string of the molecule is O=C(Nc1ccccc1NC(=O)N1CCCC1)C1C2CC3CC(C2)CC1C3. The Labute approximate surface area is 160 Å². The van der Waals surface area contributed by atoms with Gasteiger partial charge in [0.25, 0.3) is 0 Å². The molecule has 1 heterocycles. The van der Waals surface area contributed by atoms with Gasteiger partial charge in [-0.3, -0.25) is 4.79 Å². The number of benzene rings is 1. The first-order chi connectivity index (χ1) is 13.2. The van der Waals surface area contributed by atoms with Gasteiger partial charge in [-0.15, -0.1) is 0 Å². The van der Waals surface area contributed by atoms with Crippen molar-refractivity contribution in [1.29, 1.82) is 0 Å². The molecule has 0 spiro atoms. The third-order valence-corrected chi connectivity index (χ3v) is 7.35. The van der Waals surface area contributed by atoms with Gasteiger partial charge in [0.1, 0.15) is 0 Å². The Bertz CT molecular complexity index is 713. The highest BCUT2D eigenvalue weighted by molar-refractivity contribution is 6.00. The average molecular weight is 367 g/mol. The van der Waals surface area contributed by atoms with Gasteiger partial charge in [0.15, 0.2) is 0 Å². The summed E-state index contributed by atoms with van der Waals surface area (Å²) in [6.45, 7) is 1.63. The number of rotatable bonds is 3. The first-order valence-corrected chi connectivity index (χ1v) is 10.6. The molecule has 4 aliphatic carbocycles. The molecule has 27 heavy (non-hydrogen) atoms. The third-order valence-electron chi connectivity index (χ3n) is 7.35. The molecule has 0 unspecified atom stereocenters. The summed E-state index contributed by atoms with van der Waals surface area (Å²) in [5.41, 5.74) is 1.43. The van der Waals surface area contributed by atoms with E-state index < -0.39 is 0 Å². The van der Waals surface area contributed by atoms with Gasteiger partial charge in [0.2, 0.25) is 5.91 Å². The van der Waals surface area contributed by atoms with Gasteiger partial charge in [-0.25, -0.2) is 4.79 Å². The van der Waals surface area contributed by atoms with E-state index in [1.165, 1.54) is 32.1 Å². The zero-order valence-corrected chi connectivity index (χ0v) is 15.8. The highest BCUT2D eigenvalue weighted by atomic mass is 16.2. The number of amides is 3. The number of nitrogens with one attached hydrogen (secondary N) is 2. The Balaban J connectivity index is 1.29. The monoisotopic (exact) mass is 367 g/mol. The Morgan fingerprint density at radius 3 is 1.96 bits per heavy atom. The lowest BCUT2D eigenvalue weighted by Crippen LogP contribution is -2.49. The maximum Gasteiger partial charge on any atom is 0.321 e. The summed E-state index contributed by atoms with van der Waals surface area (Å²) in [6.07, 6.45) is 8.47. The van der Waals surface area contributed by atoms with Crippen LogP contribution in [0.4, 0.5) is 16.2 Å². The molecule has 1 saturated heterocycles. The number of anilines is 2. The van der Waals surface area contributed by atoms with Crippen molar-refractivity contribution < 1.29 is 9.59 Å². The van der Waals surface area contributed by atoms with Crippen molar-refractivity contribution in [3.8, 4) is 0 Å². The van der Waals surface area contributed by atoms with Gasteiger partial charge >= 0.3 is 6.03 Å². The third kappa shape index (κ3) is 3.21. The van der Waals surface area contributed by atoms with Crippen LogP contribution in [-0.4, -0.2) is 29.9 Å². The number of para-hydroxylation sites is 2. The summed E-state index contributed by atoms with van der Waals surface area (Å²) in [5, 5.41) is 6.16. The first kappa shape index (κ1) is 17.1. The topological polar surface area (TPSA) is 61.4 Å². The van der Waals surface area contributed by atoms with Crippen LogP contribution in [0.1, 0.15) is 44.9 Å². The zero-order chi connectivity index (χ0) is 18.4. The van der Waals surface area contributed by atoms with Crippen molar-refractivity contribution in [2.45, 2.75) is 44.9 Å². The smallest absolute Gasteiger partial charge is 0.321 e. The van der Waals surface area contributed by atoms with Crippen LogP contribution < -0.4 is 10.6 Å². The quantitative estimate of drug-likeness (QED) is 0.835. The lowest BCUT2D eigenvalue weighted by molar-refractivity contribution is -0.132. The van der Waals surface area contributed by atoms with E-state index in [2.05, 4.69) is 10.6 Å². The highest BCUT2D eigenvalue weighted by Crippen LogP contribution is 2.56. The highest BCUT2D eigenvalue weighted by Gasteiger charge is 2.50. The molecule has 1 aliphatic heterocycles. The zero-order valence-electron chi connectivity index (χ0n) is 15.8. The van der Waals surface area contributed by atoms with E-state index in [-0.39, 0.29) is 17.9 Å². The van der Waals surface area contributed by atoms with Crippen LogP contribution in [0.2, 0.25) is 0 Å². The van der Waals surface area contributed by atoms with Gasteiger partial charge in [-0.2, -0.15) is 0 Å². The number of carbonyl (C=O) groups excluding carboxylic acids is 2. The fraction of sp³-hybridized carbons (Fsp3) is 0.636. The van der Waals surface area contributed by atoms with Crippen LogP contribution in [0, 0.1) is 29.6 Å². The Morgan fingerprint density at radius 2 is 1.37 bits per heavy atom. The first-order valence-electron chi connectivity index (χ1n) is 10.6. The fourth-order valence-corrected chi connectivity index (χ4v) is 6.38. The van der Waals surface area contributed by atoms with Gasteiger partial charge in [-0.05, 0) is 80.8 Å².